The number of hydrogen-bond donors (Lipinski definition) is 2. The summed E-state index contributed by atoms with van der Waals surface area (Å²) in [5, 5.41) is 2.88. The van der Waals surface area contributed by atoms with Gasteiger partial charge in [-0.15, -0.1) is 0 Å². The van der Waals surface area contributed by atoms with E-state index in [4.69, 9.17) is 5.73 Å². The molecule has 1 aromatic rings. The maximum absolute atomic E-state index is 11.4. The van der Waals surface area contributed by atoms with E-state index in [0.717, 1.165) is 13.1 Å². The fourth-order valence-corrected chi connectivity index (χ4v) is 1.99. The summed E-state index contributed by atoms with van der Waals surface area (Å²) in [6.45, 7) is 2.60. The molecule has 1 aliphatic heterocycles. The Labute approximate surface area is 95.4 Å². The van der Waals surface area contributed by atoms with E-state index in [1.165, 1.54) is 5.56 Å². The normalized spacial score (nSPS) is 21.8. The summed E-state index contributed by atoms with van der Waals surface area (Å²) in [5.74, 6) is 0.0673. The Kier molecular flexibility index (Phi) is 3.54. The van der Waals surface area contributed by atoms with Crippen LogP contribution in [0.1, 0.15) is 5.56 Å². The van der Waals surface area contributed by atoms with Gasteiger partial charge in [-0.2, -0.15) is 0 Å². The molecule has 4 nitrogen and oxygen atoms in total. The van der Waals surface area contributed by atoms with E-state index in [1.54, 1.807) is 0 Å². The first kappa shape index (κ1) is 11.1. The Bertz CT molecular complexity index is 353. The average Bonchev–Trinajstić information content (AvgIpc) is 2.29. The highest BCUT2D eigenvalue weighted by Crippen LogP contribution is 2.07. The van der Waals surface area contributed by atoms with E-state index >= 15 is 0 Å². The molecule has 1 heterocycles. The standard InChI is InChI=1S/C12H17N3O/c13-6-11-8-15(9-12(16)14-11)7-10-4-2-1-3-5-10/h1-5,11H,6-9,13H2,(H,14,16). The van der Waals surface area contributed by atoms with Gasteiger partial charge >= 0.3 is 0 Å². The van der Waals surface area contributed by atoms with Crippen molar-refractivity contribution in [1.82, 2.24) is 10.2 Å². The van der Waals surface area contributed by atoms with Crippen LogP contribution in [0.3, 0.4) is 0 Å². The molecular formula is C12H17N3O. The summed E-state index contributed by atoms with van der Waals surface area (Å²) in [7, 11) is 0. The topological polar surface area (TPSA) is 58.4 Å². The molecule has 2 rings (SSSR count). The van der Waals surface area contributed by atoms with Crippen LogP contribution in [-0.2, 0) is 11.3 Å². The molecule has 0 bridgehead atoms. The van der Waals surface area contributed by atoms with Gasteiger partial charge in [-0.1, -0.05) is 30.3 Å². The number of carbonyl (C=O) groups is 1. The molecule has 1 aromatic carbocycles. The van der Waals surface area contributed by atoms with Crippen molar-refractivity contribution < 1.29 is 4.79 Å². The van der Waals surface area contributed by atoms with Gasteiger partial charge in [-0.3, -0.25) is 9.69 Å². The monoisotopic (exact) mass is 219 g/mol. The number of piperazine rings is 1. The molecule has 1 fully saturated rings. The lowest BCUT2D eigenvalue weighted by Gasteiger charge is -2.32. The second-order valence-electron chi connectivity index (χ2n) is 4.16. The molecule has 16 heavy (non-hydrogen) atoms. The first-order chi connectivity index (χ1) is 7.78. The lowest BCUT2D eigenvalue weighted by molar-refractivity contribution is -0.125. The summed E-state index contributed by atoms with van der Waals surface area (Å²) in [6, 6.07) is 10.3. The SMILES string of the molecule is NCC1CN(Cc2ccccc2)CC(=O)N1. The molecule has 0 spiro atoms. The van der Waals surface area contributed by atoms with Gasteiger partial charge in [0, 0.05) is 19.6 Å². The van der Waals surface area contributed by atoms with Crippen molar-refractivity contribution in [2.45, 2.75) is 12.6 Å². The minimum atomic E-state index is 0.0673. The van der Waals surface area contributed by atoms with Gasteiger partial charge in [0.05, 0.1) is 12.6 Å². The van der Waals surface area contributed by atoms with Crippen molar-refractivity contribution in [3.05, 3.63) is 35.9 Å². The maximum Gasteiger partial charge on any atom is 0.234 e. The molecule has 1 aliphatic rings. The third-order valence-electron chi connectivity index (χ3n) is 2.74. The summed E-state index contributed by atoms with van der Waals surface area (Å²) in [4.78, 5) is 13.6. The van der Waals surface area contributed by atoms with E-state index in [9.17, 15) is 4.79 Å². The molecule has 3 N–H and O–H groups in total. The predicted octanol–water partition coefficient (Wildman–Crippen LogP) is -0.0543. The zero-order valence-electron chi connectivity index (χ0n) is 9.23. The number of nitrogens with zero attached hydrogens (tertiary/aromatic N) is 1. The fraction of sp³-hybridized carbons (Fsp3) is 0.417. The largest absolute Gasteiger partial charge is 0.350 e. The van der Waals surface area contributed by atoms with Gasteiger partial charge in [-0.25, -0.2) is 0 Å². The summed E-state index contributed by atoms with van der Waals surface area (Å²) < 4.78 is 0. The van der Waals surface area contributed by atoms with Crippen molar-refractivity contribution in [3.63, 3.8) is 0 Å². The highest BCUT2D eigenvalue weighted by Gasteiger charge is 2.23. The summed E-state index contributed by atoms with van der Waals surface area (Å²) in [6.07, 6.45) is 0. The number of benzene rings is 1. The van der Waals surface area contributed by atoms with Crippen LogP contribution < -0.4 is 11.1 Å². The van der Waals surface area contributed by atoms with E-state index in [1.807, 2.05) is 18.2 Å². The smallest absolute Gasteiger partial charge is 0.234 e. The Balaban J connectivity index is 1.97. The highest BCUT2D eigenvalue weighted by molar-refractivity contribution is 5.79. The van der Waals surface area contributed by atoms with Crippen LogP contribution in [0.4, 0.5) is 0 Å². The second kappa shape index (κ2) is 5.09. The molecule has 0 aliphatic carbocycles. The minimum Gasteiger partial charge on any atom is -0.350 e. The predicted molar refractivity (Wildman–Crippen MR) is 62.7 cm³/mol. The highest BCUT2D eigenvalue weighted by atomic mass is 16.2. The maximum atomic E-state index is 11.4. The molecule has 1 amide bonds. The molecule has 1 unspecified atom stereocenters. The Morgan fingerprint density at radius 1 is 1.38 bits per heavy atom. The molecule has 1 saturated heterocycles. The lowest BCUT2D eigenvalue weighted by Crippen LogP contribution is -2.56. The number of nitrogens with one attached hydrogen (secondary N) is 1. The van der Waals surface area contributed by atoms with Crippen LogP contribution in [0.2, 0.25) is 0 Å². The van der Waals surface area contributed by atoms with Crippen LogP contribution in [0.15, 0.2) is 30.3 Å². The van der Waals surface area contributed by atoms with Crippen LogP contribution in [0.25, 0.3) is 0 Å². The zero-order valence-corrected chi connectivity index (χ0v) is 9.23. The van der Waals surface area contributed by atoms with Gasteiger partial charge < -0.3 is 11.1 Å². The van der Waals surface area contributed by atoms with E-state index < -0.39 is 0 Å². The summed E-state index contributed by atoms with van der Waals surface area (Å²) in [5.41, 5.74) is 6.81. The van der Waals surface area contributed by atoms with Crippen molar-refractivity contribution in [2.24, 2.45) is 5.73 Å². The number of nitrogens with two attached hydrogens (primary N) is 1. The van der Waals surface area contributed by atoms with E-state index in [2.05, 4.69) is 22.3 Å². The van der Waals surface area contributed by atoms with Crippen LogP contribution in [0.5, 0.6) is 0 Å². The number of rotatable bonds is 3. The molecule has 1 atom stereocenters. The van der Waals surface area contributed by atoms with Gasteiger partial charge in [0.25, 0.3) is 0 Å². The quantitative estimate of drug-likeness (QED) is 0.749. The van der Waals surface area contributed by atoms with Gasteiger partial charge in [0.2, 0.25) is 5.91 Å². The minimum absolute atomic E-state index is 0.0673. The third kappa shape index (κ3) is 2.81. The van der Waals surface area contributed by atoms with Crippen molar-refractivity contribution >= 4 is 5.91 Å². The Hall–Kier alpha value is -1.39. The first-order valence-electron chi connectivity index (χ1n) is 5.53. The molecular weight excluding hydrogens is 202 g/mol. The molecule has 0 aromatic heterocycles. The number of hydrogen-bond acceptors (Lipinski definition) is 3. The zero-order chi connectivity index (χ0) is 11.4. The molecule has 0 saturated carbocycles. The van der Waals surface area contributed by atoms with Gasteiger partial charge in [-0.05, 0) is 5.56 Å². The van der Waals surface area contributed by atoms with Gasteiger partial charge in [0.1, 0.15) is 0 Å². The number of amides is 1. The van der Waals surface area contributed by atoms with E-state index in [0.29, 0.717) is 13.1 Å². The Morgan fingerprint density at radius 3 is 2.81 bits per heavy atom. The first-order valence-corrected chi connectivity index (χ1v) is 5.53. The summed E-state index contributed by atoms with van der Waals surface area (Å²) >= 11 is 0. The lowest BCUT2D eigenvalue weighted by atomic mass is 10.1. The van der Waals surface area contributed by atoms with Crippen molar-refractivity contribution in [2.75, 3.05) is 19.6 Å². The van der Waals surface area contributed by atoms with E-state index in [-0.39, 0.29) is 11.9 Å². The fourth-order valence-electron chi connectivity index (χ4n) is 1.99. The van der Waals surface area contributed by atoms with Crippen LogP contribution >= 0.6 is 0 Å². The number of carbonyl (C=O) groups excluding carboxylic acids is 1. The molecule has 86 valence electrons. The van der Waals surface area contributed by atoms with Crippen LogP contribution in [-0.4, -0.2) is 36.5 Å². The Morgan fingerprint density at radius 2 is 2.12 bits per heavy atom. The molecule has 4 heteroatoms. The molecule has 0 radical (unpaired) electrons. The van der Waals surface area contributed by atoms with Crippen LogP contribution in [0, 0.1) is 0 Å². The van der Waals surface area contributed by atoms with Gasteiger partial charge in [0.15, 0.2) is 0 Å². The third-order valence-corrected chi connectivity index (χ3v) is 2.74. The second-order valence-corrected chi connectivity index (χ2v) is 4.16. The van der Waals surface area contributed by atoms with Crippen molar-refractivity contribution in [3.8, 4) is 0 Å². The van der Waals surface area contributed by atoms with Crippen molar-refractivity contribution in [1.29, 1.82) is 0 Å². The average molecular weight is 219 g/mol.